The molecule has 2 amide bonds. The van der Waals surface area contributed by atoms with Crippen molar-refractivity contribution in [3.8, 4) is 11.1 Å². The highest BCUT2D eigenvalue weighted by Gasteiger charge is 2.24. The van der Waals surface area contributed by atoms with E-state index >= 15 is 0 Å². The van der Waals surface area contributed by atoms with Crippen LogP contribution in [0.2, 0.25) is 0 Å². The van der Waals surface area contributed by atoms with Gasteiger partial charge in [0.2, 0.25) is 0 Å². The van der Waals surface area contributed by atoms with Gasteiger partial charge in [-0.15, -0.1) is 0 Å². The Labute approximate surface area is 199 Å². The minimum absolute atomic E-state index is 0.0103. The maximum absolute atomic E-state index is 14.1. The lowest BCUT2D eigenvalue weighted by molar-refractivity contribution is 0.247. The van der Waals surface area contributed by atoms with Gasteiger partial charge in [0, 0.05) is 17.4 Å². The standard InChI is InChI=1S/C28H29F2N3O/c1-3-21(4-2)31-28(34)32-22-14-12-19(13-15-22)18-8-10-20(11-9-18)25-16-17-26(33-25)27-23(29)6-5-7-24(27)30/h5-15,21,25H,3-4,16-17H2,1-2H3,(H2,31,32,34). The lowest BCUT2D eigenvalue weighted by atomic mass is 9.99. The summed E-state index contributed by atoms with van der Waals surface area (Å²) in [5.41, 5.74) is 4.30. The fourth-order valence-corrected chi connectivity index (χ4v) is 4.28. The minimum Gasteiger partial charge on any atom is -0.335 e. The van der Waals surface area contributed by atoms with Crippen molar-refractivity contribution in [1.29, 1.82) is 0 Å². The van der Waals surface area contributed by atoms with Crippen LogP contribution in [0.1, 0.15) is 56.7 Å². The molecule has 0 bridgehead atoms. The molecule has 3 aromatic carbocycles. The van der Waals surface area contributed by atoms with Crippen LogP contribution in [0.4, 0.5) is 19.3 Å². The first-order valence-electron chi connectivity index (χ1n) is 11.8. The Hall–Kier alpha value is -3.54. The fraction of sp³-hybridized carbons (Fsp3) is 0.286. The highest BCUT2D eigenvalue weighted by molar-refractivity contribution is 6.02. The maximum atomic E-state index is 14.1. The van der Waals surface area contributed by atoms with E-state index in [0.717, 1.165) is 41.6 Å². The monoisotopic (exact) mass is 461 g/mol. The van der Waals surface area contributed by atoms with Gasteiger partial charge in [-0.2, -0.15) is 0 Å². The average Bonchev–Trinajstić information content (AvgIpc) is 3.33. The molecular formula is C28H29F2N3O. The van der Waals surface area contributed by atoms with Crippen molar-refractivity contribution >= 4 is 17.4 Å². The molecule has 6 heteroatoms. The SMILES string of the molecule is CCC(CC)NC(=O)Nc1ccc(-c2ccc(C3CCC(c4c(F)cccc4F)=N3)cc2)cc1. The van der Waals surface area contributed by atoms with E-state index in [0.29, 0.717) is 12.1 Å². The molecule has 0 aliphatic carbocycles. The normalized spacial score (nSPS) is 15.3. The van der Waals surface area contributed by atoms with Gasteiger partial charge in [-0.05, 0) is 66.6 Å². The van der Waals surface area contributed by atoms with Crippen molar-refractivity contribution in [2.45, 2.75) is 51.6 Å². The molecule has 4 nitrogen and oxygen atoms in total. The van der Waals surface area contributed by atoms with Crippen LogP contribution in [0, 0.1) is 11.6 Å². The highest BCUT2D eigenvalue weighted by atomic mass is 19.1. The molecule has 0 saturated heterocycles. The topological polar surface area (TPSA) is 53.5 Å². The van der Waals surface area contributed by atoms with E-state index in [-0.39, 0.29) is 23.7 Å². The van der Waals surface area contributed by atoms with Gasteiger partial charge < -0.3 is 10.6 Å². The summed E-state index contributed by atoms with van der Waals surface area (Å²) < 4.78 is 28.2. The third-order valence-electron chi connectivity index (χ3n) is 6.31. The number of aliphatic imine (C=N–C) groups is 1. The number of halogens is 2. The molecular weight excluding hydrogens is 432 g/mol. The fourth-order valence-electron chi connectivity index (χ4n) is 4.28. The summed E-state index contributed by atoms with van der Waals surface area (Å²) in [5.74, 6) is -1.14. The van der Waals surface area contributed by atoms with Crippen LogP contribution in [0.5, 0.6) is 0 Å². The van der Waals surface area contributed by atoms with E-state index in [4.69, 9.17) is 0 Å². The van der Waals surface area contributed by atoms with E-state index < -0.39 is 11.6 Å². The second-order valence-corrected chi connectivity index (χ2v) is 8.54. The smallest absolute Gasteiger partial charge is 0.319 e. The first-order chi connectivity index (χ1) is 16.5. The van der Waals surface area contributed by atoms with E-state index in [2.05, 4.69) is 29.5 Å². The van der Waals surface area contributed by atoms with Gasteiger partial charge in [0.15, 0.2) is 0 Å². The van der Waals surface area contributed by atoms with Crippen LogP contribution in [0.15, 0.2) is 71.7 Å². The molecule has 0 saturated carbocycles. The van der Waals surface area contributed by atoms with Gasteiger partial charge in [0.05, 0.1) is 11.6 Å². The Bertz CT molecular complexity index is 1150. The van der Waals surface area contributed by atoms with Gasteiger partial charge in [-0.3, -0.25) is 4.99 Å². The zero-order valence-corrected chi connectivity index (χ0v) is 19.4. The van der Waals surface area contributed by atoms with Gasteiger partial charge in [0.1, 0.15) is 11.6 Å². The van der Waals surface area contributed by atoms with Crippen LogP contribution in [0.25, 0.3) is 11.1 Å². The Morgan fingerprint density at radius 3 is 2.12 bits per heavy atom. The summed E-state index contributed by atoms with van der Waals surface area (Å²) in [5, 5.41) is 5.83. The van der Waals surface area contributed by atoms with E-state index in [1.807, 2.05) is 48.5 Å². The van der Waals surface area contributed by atoms with E-state index in [1.54, 1.807) is 0 Å². The third kappa shape index (κ3) is 5.33. The molecule has 176 valence electrons. The maximum Gasteiger partial charge on any atom is 0.319 e. The van der Waals surface area contributed by atoms with Crippen LogP contribution >= 0.6 is 0 Å². The van der Waals surface area contributed by atoms with Gasteiger partial charge in [-0.1, -0.05) is 56.3 Å². The number of anilines is 1. The molecule has 4 rings (SSSR count). The van der Waals surface area contributed by atoms with Crippen molar-refractivity contribution in [1.82, 2.24) is 5.32 Å². The molecule has 34 heavy (non-hydrogen) atoms. The molecule has 0 aromatic heterocycles. The number of nitrogens with zero attached hydrogens (tertiary/aromatic N) is 1. The quantitative estimate of drug-likeness (QED) is 0.382. The summed E-state index contributed by atoms with van der Waals surface area (Å²) in [7, 11) is 0. The van der Waals surface area contributed by atoms with Crippen molar-refractivity contribution in [3.63, 3.8) is 0 Å². The molecule has 3 aromatic rings. The number of nitrogens with one attached hydrogen (secondary N) is 2. The predicted molar refractivity (Wildman–Crippen MR) is 133 cm³/mol. The third-order valence-corrected chi connectivity index (χ3v) is 6.31. The second-order valence-electron chi connectivity index (χ2n) is 8.54. The first kappa shape index (κ1) is 23.6. The van der Waals surface area contributed by atoms with Crippen LogP contribution in [-0.4, -0.2) is 17.8 Å². The minimum atomic E-state index is -0.569. The summed E-state index contributed by atoms with van der Waals surface area (Å²) in [6, 6.07) is 19.5. The molecule has 1 atom stereocenters. The summed E-state index contributed by atoms with van der Waals surface area (Å²) in [6.45, 7) is 4.10. The molecule has 0 radical (unpaired) electrons. The zero-order chi connectivity index (χ0) is 24.1. The molecule has 0 fully saturated rings. The molecule has 1 heterocycles. The Morgan fingerprint density at radius 1 is 0.941 bits per heavy atom. The average molecular weight is 462 g/mol. The number of hydrogen-bond donors (Lipinski definition) is 2. The van der Waals surface area contributed by atoms with E-state index in [1.165, 1.54) is 18.2 Å². The Kier molecular flexibility index (Phi) is 7.36. The van der Waals surface area contributed by atoms with Gasteiger partial charge in [0.25, 0.3) is 0 Å². The molecule has 1 aliphatic rings. The van der Waals surface area contributed by atoms with Gasteiger partial charge >= 0.3 is 6.03 Å². The van der Waals surface area contributed by atoms with Crippen molar-refractivity contribution in [3.05, 3.63) is 89.5 Å². The predicted octanol–water partition coefficient (Wildman–Crippen LogP) is 7.27. The summed E-state index contributed by atoms with van der Waals surface area (Å²) >= 11 is 0. The molecule has 1 unspecified atom stereocenters. The summed E-state index contributed by atoms with van der Waals surface area (Å²) in [4.78, 5) is 16.8. The zero-order valence-electron chi connectivity index (χ0n) is 19.4. The van der Waals surface area contributed by atoms with Crippen LogP contribution in [-0.2, 0) is 0 Å². The van der Waals surface area contributed by atoms with Gasteiger partial charge in [-0.25, -0.2) is 13.6 Å². The number of carbonyl (C=O) groups excluding carboxylic acids is 1. The largest absolute Gasteiger partial charge is 0.335 e. The lowest BCUT2D eigenvalue weighted by Crippen LogP contribution is -2.37. The number of amides is 2. The van der Waals surface area contributed by atoms with Crippen molar-refractivity contribution < 1.29 is 13.6 Å². The molecule has 2 N–H and O–H groups in total. The number of rotatable bonds is 7. The molecule has 1 aliphatic heterocycles. The summed E-state index contributed by atoms with van der Waals surface area (Å²) in [6.07, 6.45) is 3.06. The highest BCUT2D eigenvalue weighted by Crippen LogP contribution is 2.33. The van der Waals surface area contributed by atoms with Crippen molar-refractivity contribution in [2.24, 2.45) is 4.99 Å². The lowest BCUT2D eigenvalue weighted by Gasteiger charge is -2.15. The van der Waals surface area contributed by atoms with Crippen LogP contribution < -0.4 is 10.6 Å². The molecule has 0 spiro atoms. The number of hydrogen-bond acceptors (Lipinski definition) is 2. The Balaban J connectivity index is 1.42. The number of benzene rings is 3. The number of carbonyl (C=O) groups is 1. The number of urea groups is 1. The van der Waals surface area contributed by atoms with Crippen LogP contribution in [0.3, 0.4) is 0 Å². The first-order valence-corrected chi connectivity index (χ1v) is 11.8. The Morgan fingerprint density at radius 2 is 1.53 bits per heavy atom. The van der Waals surface area contributed by atoms with E-state index in [9.17, 15) is 13.6 Å². The second kappa shape index (κ2) is 10.6. The van der Waals surface area contributed by atoms with Crippen molar-refractivity contribution in [2.75, 3.05) is 5.32 Å².